The van der Waals surface area contributed by atoms with Crippen molar-refractivity contribution in [3.63, 3.8) is 0 Å². The Morgan fingerprint density at radius 2 is 2.08 bits per heavy atom. The molecule has 130 valence electrons. The second-order valence-corrected chi connectivity index (χ2v) is 5.62. The summed E-state index contributed by atoms with van der Waals surface area (Å²) >= 11 is 0. The SMILES string of the molecule is CCCCc1cc(=O)oc2nc(OCc3cc[n+](O)cc3)[nH]c(=O)c12. The van der Waals surface area contributed by atoms with Gasteiger partial charge in [-0.1, -0.05) is 13.3 Å². The number of unbranched alkanes of at least 4 members (excludes halogenated alkanes) is 1. The van der Waals surface area contributed by atoms with Crippen LogP contribution in [0.25, 0.3) is 11.1 Å². The van der Waals surface area contributed by atoms with Gasteiger partial charge < -0.3 is 9.15 Å². The van der Waals surface area contributed by atoms with E-state index in [1.54, 1.807) is 12.1 Å². The number of hydrogen-bond donors (Lipinski definition) is 2. The van der Waals surface area contributed by atoms with Crippen LogP contribution in [0.1, 0.15) is 30.9 Å². The van der Waals surface area contributed by atoms with Crippen molar-refractivity contribution in [1.82, 2.24) is 9.97 Å². The number of aryl methyl sites for hydroxylation is 1. The molecule has 3 rings (SSSR count). The summed E-state index contributed by atoms with van der Waals surface area (Å²) in [6.07, 6.45) is 5.31. The van der Waals surface area contributed by atoms with Gasteiger partial charge in [-0.25, -0.2) is 4.79 Å². The molecule has 0 amide bonds. The number of nitrogens with zero attached hydrogens (tertiary/aromatic N) is 2. The highest BCUT2D eigenvalue weighted by molar-refractivity contribution is 5.75. The number of aromatic amines is 1. The second kappa shape index (κ2) is 7.16. The number of aromatic nitrogens is 3. The predicted molar refractivity (Wildman–Crippen MR) is 87.7 cm³/mol. The van der Waals surface area contributed by atoms with E-state index in [2.05, 4.69) is 9.97 Å². The molecule has 3 aromatic heterocycles. The Morgan fingerprint density at radius 1 is 1.32 bits per heavy atom. The van der Waals surface area contributed by atoms with E-state index in [0.717, 1.165) is 23.1 Å². The van der Waals surface area contributed by atoms with Crippen molar-refractivity contribution < 1.29 is 19.1 Å². The van der Waals surface area contributed by atoms with Crippen molar-refractivity contribution >= 4 is 11.1 Å². The van der Waals surface area contributed by atoms with Crippen LogP contribution in [0.2, 0.25) is 0 Å². The first-order valence-electron chi connectivity index (χ1n) is 7.96. The molecule has 25 heavy (non-hydrogen) atoms. The van der Waals surface area contributed by atoms with E-state index >= 15 is 0 Å². The average Bonchev–Trinajstić information content (AvgIpc) is 2.58. The van der Waals surface area contributed by atoms with Crippen LogP contribution in [0.3, 0.4) is 0 Å². The van der Waals surface area contributed by atoms with Gasteiger partial charge in [0.2, 0.25) is 18.1 Å². The molecule has 0 atom stereocenters. The van der Waals surface area contributed by atoms with Crippen LogP contribution in [0.4, 0.5) is 0 Å². The molecule has 2 N–H and O–H groups in total. The molecule has 0 aliphatic heterocycles. The maximum atomic E-state index is 12.4. The minimum atomic E-state index is -0.543. The molecule has 0 spiro atoms. The van der Waals surface area contributed by atoms with Gasteiger partial charge in [-0.15, -0.1) is 0 Å². The zero-order valence-electron chi connectivity index (χ0n) is 13.7. The largest absolute Gasteiger partial charge is 0.460 e. The Balaban J connectivity index is 1.91. The maximum Gasteiger partial charge on any atom is 0.337 e. The van der Waals surface area contributed by atoms with Gasteiger partial charge in [-0.2, -0.15) is 4.98 Å². The van der Waals surface area contributed by atoms with Crippen LogP contribution in [0.5, 0.6) is 6.01 Å². The van der Waals surface area contributed by atoms with Crippen molar-refractivity contribution in [2.75, 3.05) is 0 Å². The third-order valence-corrected chi connectivity index (χ3v) is 3.73. The monoisotopic (exact) mass is 344 g/mol. The van der Waals surface area contributed by atoms with Gasteiger partial charge in [0, 0.05) is 28.5 Å². The minimum absolute atomic E-state index is 0.0291. The van der Waals surface area contributed by atoms with Crippen molar-refractivity contribution in [3.05, 3.63) is 62.5 Å². The van der Waals surface area contributed by atoms with E-state index < -0.39 is 11.2 Å². The molecular weight excluding hydrogens is 326 g/mol. The van der Waals surface area contributed by atoms with Crippen LogP contribution in [0, 0.1) is 0 Å². The normalized spacial score (nSPS) is 10.9. The maximum absolute atomic E-state index is 12.4. The van der Waals surface area contributed by atoms with E-state index in [9.17, 15) is 14.8 Å². The Morgan fingerprint density at radius 3 is 2.80 bits per heavy atom. The van der Waals surface area contributed by atoms with E-state index in [0.29, 0.717) is 12.0 Å². The number of rotatable bonds is 6. The lowest BCUT2D eigenvalue weighted by molar-refractivity contribution is -0.904. The second-order valence-electron chi connectivity index (χ2n) is 5.62. The number of nitrogens with one attached hydrogen (secondary N) is 1. The van der Waals surface area contributed by atoms with Crippen molar-refractivity contribution in [3.8, 4) is 6.01 Å². The molecule has 0 fully saturated rings. The van der Waals surface area contributed by atoms with Crippen LogP contribution in [0.15, 0.2) is 44.6 Å². The Labute approximate surface area is 142 Å². The fourth-order valence-corrected chi connectivity index (χ4v) is 2.46. The first-order valence-corrected chi connectivity index (χ1v) is 7.96. The summed E-state index contributed by atoms with van der Waals surface area (Å²) < 4.78 is 11.4. The van der Waals surface area contributed by atoms with Gasteiger partial charge in [0.05, 0.1) is 0 Å². The smallest absolute Gasteiger partial charge is 0.337 e. The molecule has 0 aliphatic rings. The van der Waals surface area contributed by atoms with Crippen molar-refractivity contribution in [2.45, 2.75) is 32.8 Å². The third-order valence-electron chi connectivity index (χ3n) is 3.73. The summed E-state index contributed by atoms with van der Waals surface area (Å²) in [5, 5.41) is 9.46. The first kappa shape index (κ1) is 16.7. The summed E-state index contributed by atoms with van der Waals surface area (Å²) in [6.45, 7) is 2.17. The highest BCUT2D eigenvalue weighted by Gasteiger charge is 2.13. The van der Waals surface area contributed by atoms with E-state index in [-0.39, 0.29) is 23.7 Å². The summed E-state index contributed by atoms with van der Waals surface area (Å²) in [5.74, 6) is 0. The highest BCUT2D eigenvalue weighted by atomic mass is 16.5. The molecule has 0 saturated heterocycles. The lowest BCUT2D eigenvalue weighted by atomic mass is 10.1. The number of H-pyrrole nitrogens is 1. The zero-order chi connectivity index (χ0) is 17.8. The standard InChI is InChI=1S/C17H17N3O5/c1-2-3-4-12-9-13(21)25-16-14(12)15(22)18-17(19-16)24-10-11-5-7-20(23)8-6-11/h5-9H,2-4,10H2,1H3,(H-,18,19,21,22,23)/p+1. The number of ether oxygens (including phenoxy) is 1. The van der Waals surface area contributed by atoms with Gasteiger partial charge in [0.1, 0.15) is 12.0 Å². The van der Waals surface area contributed by atoms with Crippen LogP contribution in [-0.2, 0) is 13.0 Å². The molecular formula is C17H18N3O5+. The fraction of sp³-hybridized carbons (Fsp3) is 0.294. The Kier molecular flexibility index (Phi) is 4.78. The molecule has 8 nitrogen and oxygen atoms in total. The molecule has 0 saturated carbocycles. The summed E-state index contributed by atoms with van der Waals surface area (Å²) in [5.41, 5.74) is 0.420. The lowest BCUT2D eigenvalue weighted by Gasteiger charge is -2.07. The van der Waals surface area contributed by atoms with Crippen LogP contribution in [-0.4, -0.2) is 15.2 Å². The van der Waals surface area contributed by atoms with Gasteiger partial charge in [0.25, 0.3) is 11.6 Å². The molecule has 3 aromatic rings. The molecule has 0 aliphatic carbocycles. The highest BCUT2D eigenvalue weighted by Crippen LogP contribution is 2.15. The van der Waals surface area contributed by atoms with Crippen LogP contribution >= 0.6 is 0 Å². The van der Waals surface area contributed by atoms with Crippen LogP contribution < -0.4 is 20.7 Å². The quantitative estimate of drug-likeness (QED) is 0.516. The zero-order valence-corrected chi connectivity index (χ0v) is 13.7. The minimum Gasteiger partial charge on any atom is -0.460 e. The van der Waals surface area contributed by atoms with Gasteiger partial charge in [0.15, 0.2) is 0 Å². The van der Waals surface area contributed by atoms with Crippen molar-refractivity contribution in [1.29, 1.82) is 0 Å². The number of hydrogen-bond acceptors (Lipinski definition) is 6. The van der Waals surface area contributed by atoms with Gasteiger partial charge in [-0.05, 0) is 18.4 Å². The van der Waals surface area contributed by atoms with Gasteiger partial charge in [-0.3, -0.25) is 15.0 Å². The third kappa shape index (κ3) is 3.85. The summed E-state index contributed by atoms with van der Waals surface area (Å²) in [6, 6.07) is 4.61. The first-order chi connectivity index (χ1) is 12.1. The molecule has 0 unspecified atom stereocenters. The van der Waals surface area contributed by atoms with Crippen molar-refractivity contribution in [2.24, 2.45) is 0 Å². The fourth-order valence-electron chi connectivity index (χ4n) is 2.46. The lowest BCUT2D eigenvalue weighted by Crippen LogP contribution is -2.28. The predicted octanol–water partition coefficient (Wildman–Crippen LogP) is 1.32. The van der Waals surface area contributed by atoms with Gasteiger partial charge >= 0.3 is 5.63 Å². The molecule has 0 aromatic carbocycles. The Bertz CT molecular complexity index is 992. The Hall–Kier alpha value is -3.16. The van der Waals surface area contributed by atoms with E-state index in [1.807, 2.05) is 6.92 Å². The molecule has 0 radical (unpaired) electrons. The summed E-state index contributed by atoms with van der Waals surface area (Å²) in [7, 11) is 0. The number of pyridine rings is 1. The van der Waals surface area contributed by atoms with E-state index in [1.165, 1.54) is 18.5 Å². The topological polar surface area (TPSA) is 109 Å². The van der Waals surface area contributed by atoms with E-state index in [4.69, 9.17) is 9.15 Å². The molecule has 0 bridgehead atoms. The molecule has 3 heterocycles. The molecule has 8 heteroatoms. The average molecular weight is 344 g/mol. The number of fused-ring (bicyclic) bond motifs is 1. The summed E-state index contributed by atoms with van der Waals surface area (Å²) in [4.78, 5) is 30.8.